The van der Waals surface area contributed by atoms with Crippen LogP contribution in [0.3, 0.4) is 0 Å². The lowest BCUT2D eigenvalue weighted by molar-refractivity contribution is 0.0676. The predicted molar refractivity (Wildman–Crippen MR) is 100 cm³/mol. The van der Waals surface area contributed by atoms with Crippen LogP contribution in [-0.2, 0) is 0 Å². The molecule has 26 heavy (non-hydrogen) atoms. The Balaban J connectivity index is 1.73. The molecule has 1 atom stereocenters. The van der Waals surface area contributed by atoms with Gasteiger partial charge in [-0.25, -0.2) is 4.98 Å². The quantitative estimate of drug-likeness (QED) is 0.890. The van der Waals surface area contributed by atoms with Gasteiger partial charge in [-0.05, 0) is 57.2 Å². The molecule has 6 nitrogen and oxygen atoms in total. The van der Waals surface area contributed by atoms with Crippen LogP contribution < -0.4 is 5.32 Å². The second-order valence-corrected chi connectivity index (χ2v) is 8.09. The molecule has 1 amide bonds. The zero-order valence-corrected chi connectivity index (χ0v) is 15.9. The number of amides is 1. The molecule has 2 fully saturated rings. The Bertz CT molecular complexity index is 807. The predicted octanol–water partition coefficient (Wildman–Crippen LogP) is 3.30. The van der Waals surface area contributed by atoms with Crippen molar-refractivity contribution in [2.24, 2.45) is 5.92 Å². The molecule has 140 valence electrons. The molecule has 2 aliphatic rings. The first-order valence-corrected chi connectivity index (χ1v) is 9.82. The van der Waals surface area contributed by atoms with Gasteiger partial charge in [-0.3, -0.25) is 4.79 Å². The van der Waals surface area contributed by atoms with Gasteiger partial charge in [-0.2, -0.15) is 0 Å². The molecule has 1 saturated carbocycles. The van der Waals surface area contributed by atoms with Crippen molar-refractivity contribution in [3.63, 3.8) is 0 Å². The summed E-state index contributed by atoms with van der Waals surface area (Å²) in [5.41, 5.74) is 3.07. The van der Waals surface area contributed by atoms with Gasteiger partial charge in [0.15, 0.2) is 0 Å². The van der Waals surface area contributed by atoms with Gasteiger partial charge in [-0.15, -0.1) is 0 Å². The molecule has 3 heterocycles. The number of likely N-dealkylation sites (tertiary alicyclic amines) is 1. The fourth-order valence-electron chi connectivity index (χ4n) is 4.02. The van der Waals surface area contributed by atoms with E-state index in [0.29, 0.717) is 17.5 Å². The lowest BCUT2D eigenvalue weighted by Crippen LogP contribution is -2.42. The standard InChI is InChI=1S/C20H28N4O2/c1-12(2)18-17-15(9-16(14-6-7-14)22-19(17)26-23-18)20(25)24-8-4-5-13(11-24)10-21-3/h9,12-14,21H,4-8,10-11H2,1-3H3. The summed E-state index contributed by atoms with van der Waals surface area (Å²) in [6.07, 6.45) is 4.52. The SMILES string of the molecule is CNCC1CCCN(C(=O)c2cc(C3CC3)nc3onc(C(C)C)c23)C1. The number of hydrogen-bond acceptors (Lipinski definition) is 5. The van der Waals surface area contributed by atoms with E-state index >= 15 is 0 Å². The van der Waals surface area contributed by atoms with Crippen LogP contribution in [0.15, 0.2) is 10.6 Å². The van der Waals surface area contributed by atoms with E-state index < -0.39 is 0 Å². The fourth-order valence-corrected chi connectivity index (χ4v) is 4.02. The van der Waals surface area contributed by atoms with Crippen molar-refractivity contribution in [2.75, 3.05) is 26.7 Å². The smallest absolute Gasteiger partial charge is 0.259 e. The number of carbonyl (C=O) groups excluding carboxylic acids is 1. The van der Waals surface area contributed by atoms with Crippen LogP contribution in [0.2, 0.25) is 0 Å². The number of aromatic nitrogens is 2. The van der Waals surface area contributed by atoms with Gasteiger partial charge in [0.05, 0.1) is 16.6 Å². The Kier molecular flexibility index (Phi) is 4.69. The number of nitrogens with zero attached hydrogens (tertiary/aromatic N) is 3. The van der Waals surface area contributed by atoms with Crippen molar-refractivity contribution in [2.45, 2.75) is 51.4 Å². The first kappa shape index (κ1) is 17.5. The molecule has 1 N–H and O–H groups in total. The lowest BCUT2D eigenvalue weighted by atomic mass is 9.96. The monoisotopic (exact) mass is 356 g/mol. The first-order chi connectivity index (χ1) is 12.6. The number of fused-ring (bicyclic) bond motifs is 1. The van der Waals surface area contributed by atoms with E-state index in [2.05, 4.69) is 29.3 Å². The van der Waals surface area contributed by atoms with Crippen LogP contribution in [0.5, 0.6) is 0 Å². The number of pyridine rings is 1. The zero-order valence-electron chi connectivity index (χ0n) is 15.9. The molecule has 2 aromatic heterocycles. The molecular formula is C20H28N4O2. The van der Waals surface area contributed by atoms with Crippen molar-refractivity contribution in [1.29, 1.82) is 0 Å². The third-order valence-corrected chi connectivity index (χ3v) is 5.56. The third-order valence-electron chi connectivity index (χ3n) is 5.56. The van der Waals surface area contributed by atoms with Crippen LogP contribution >= 0.6 is 0 Å². The molecule has 1 aliphatic heterocycles. The van der Waals surface area contributed by atoms with E-state index in [1.807, 2.05) is 18.0 Å². The van der Waals surface area contributed by atoms with Gasteiger partial charge in [0.2, 0.25) is 0 Å². The zero-order chi connectivity index (χ0) is 18.3. The molecule has 1 saturated heterocycles. The highest BCUT2D eigenvalue weighted by Gasteiger charge is 2.32. The summed E-state index contributed by atoms with van der Waals surface area (Å²) >= 11 is 0. The Morgan fingerprint density at radius 3 is 2.88 bits per heavy atom. The van der Waals surface area contributed by atoms with E-state index in [9.17, 15) is 4.79 Å². The average Bonchev–Trinajstić information content (AvgIpc) is 3.39. The van der Waals surface area contributed by atoms with E-state index in [4.69, 9.17) is 4.52 Å². The second-order valence-electron chi connectivity index (χ2n) is 8.09. The van der Waals surface area contributed by atoms with Crippen molar-refractivity contribution < 1.29 is 9.32 Å². The van der Waals surface area contributed by atoms with E-state index in [0.717, 1.165) is 61.2 Å². The first-order valence-electron chi connectivity index (χ1n) is 9.82. The summed E-state index contributed by atoms with van der Waals surface area (Å²) in [5.74, 6) is 1.28. The van der Waals surface area contributed by atoms with Crippen LogP contribution in [0.25, 0.3) is 11.1 Å². The van der Waals surface area contributed by atoms with Crippen molar-refractivity contribution in [3.8, 4) is 0 Å². The van der Waals surface area contributed by atoms with Gasteiger partial charge in [0.25, 0.3) is 11.6 Å². The van der Waals surface area contributed by atoms with E-state index in [-0.39, 0.29) is 11.8 Å². The number of piperidine rings is 1. The van der Waals surface area contributed by atoms with E-state index in [1.165, 1.54) is 6.42 Å². The highest BCUT2D eigenvalue weighted by molar-refractivity contribution is 6.06. The van der Waals surface area contributed by atoms with Gasteiger partial charge in [0, 0.05) is 24.7 Å². The van der Waals surface area contributed by atoms with Gasteiger partial charge >= 0.3 is 0 Å². The van der Waals surface area contributed by atoms with Gasteiger partial charge < -0.3 is 14.7 Å². The minimum absolute atomic E-state index is 0.102. The summed E-state index contributed by atoms with van der Waals surface area (Å²) in [5, 5.41) is 8.29. The maximum atomic E-state index is 13.4. The molecule has 0 aromatic carbocycles. The third kappa shape index (κ3) is 3.22. The van der Waals surface area contributed by atoms with Crippen molar-refractivity contribution in [3.05, 3.63) is 23.0 Å². The molecule has 0 radical (unpaired) electrons. The Morgan fingerprint density at radius 1 is 1.38 bits per heavy atom. The maximum absolute atomic E-state index is 13.4. The molecular weight excluding hydrogens is 328 g/mol. The number of nitrogens with one attached hydrogen (secondary N) is 1. The highest BCUT2D eigenvalue weighted by Crippen LogP contribution is 2.41. The topological polar surface area (TPSA) is 71.3 Å². The average molecular weight is 356 g/mol. The lowest BCUT2D eigenvalue weighted by Gasteiger charge is -2.33. The van der Waals surface area contributed by atoms with Crippen LogP contribution in [0.1, 0.15) is 73.1 Å². The number of hydrogen-bond donors (Lipinski definition) is 1. The molecule has 0 bridgehead atoms. The van der Waals surface area contributed by atoms with Gasteiger partial charge in [0.1, 0.15) is 0 Å². The maximum Gasteiger partial charge on any atom is 0.259 e. The van der Waals surface area contributed by atoms with Crippen LogP contribution in [0.4, 0.5) is 0 Å². The second kappa shape index (κ2) is 6.99. The Hall–Kier alpha value is -1.95. The Labute approximate surface area is 154 Å². The van der Waals surface area contributed by atoms with Crippen LogP contribution in [0, 0.1) is 5.92 Å². The molecule has 0 spiro atoms. The molecule has 1 aliphatic carbocycles. The largest absolute Gasteiger partial charge is 0.338 e. The number of carbonyl (C=O) groups is 1. The van der Waals surface area contributed by atoms with Crippen molar-refractivity contribution in [1.82, 2.24) is 20.4 Å². The van der Waals surface area contributed by atoms with E-state index in [1.54, 1.807) is 0 Å². The number of rotatable bonds is 5. The Morgan fingerprint density at radius 2 is 2.19 bits per heavy atom. The minimum atomic E-state index is 0.102. The molecule has 4 rings (SSSR count). The summed E-state index contributed by atoms with van der Waals surface area (Å²) in [6.45, 7) is 6.73. The van der Waals surface area contributed by atoms with Crippen LogP contribution in [-0.4, -0.2) is 47.6 Å². The molecule has 2 aromatic rings. The van der Waals surface area contributed by atoms with Gasteiger partial charge in [-0.1, -0.05) is 19.0 Å². The minimum Gasteiger partial charge on any atom is -0.338 e. The molecule has 1 unspecified atom stereocenters. The van der Waals surface area contributed by atoms with Crippen molar-refractivity contribution >= 4 is 17.0 Å². The molecule has 6 heteroatoms. The highest BCUT2D eigenvalue weighted by atomic mass is 16.5. The summed E-state index contributed by atoms with van der Waals surface area (Å²) in [7, 11) is 1.97. The summed E-state index contributed by atoms with van der Waals surface area (Å²) in [4.78, 5) is 20.1. The summed E-state index contributed by atoms with van der Waals surface area (Å²) < 4.78 is 5.52. The fraction of sp³-hybridized carbons (Fsp3) is 0.650. The summed E-state index contributed by atoms with van der Waals surface area (Å²) in [6, 6.07) is 2.01. The normalized spacial score (nSPS) is 20.9.